The van der Waals surface area contributed by atoms with Gasteiger partial charge in [0, 0.05) is 0 Å². The van der Waals surface area contributed by atoms with E-state index < -0.39 is 21.4 Å². The fraction of sp³-hybridized carbons (Fsp3) is 0.500. The summed E-state index contributed by atoms with van der Waals surface area (Å²) in [6, 6.07) is 0. The molecular formula is C6H10NNaO4S. The largest absolute Gasteiger partial charge is 1.00 e. The van der Waals surface area contributed by atoms with E-state index in [9.17, 15) is 17.8 Å². The van der Waals surface area contributed by atoms with Gasteiger partial charge in [0.25, 0.3) is 0 Å². The Kier molecular flexibility index (Phi) is 7.86. The van der Waals surface area contributed by atoms with Crippen LogP contribution in [-0.4, -0.2) is 24.3 Å². The SMILES string of the molecule is C=CC(=O)NC(CC)S(=O)(=O)[O-].[Na+]. The molecule has 1 atom stereocenters. The summed E-state index contributed by atoms with van der Waals surface area (Å²) in [5.41, 5.74) is 0. The zero-order valence-corrected chi connectivity index (χ0v) is 10.4. The number of amides is 1. The van der Waals surface area contributed by atoms with Crippen molar-refractivity contribution >= 4 is 16.0 Å². The summed E-state index contributed by atoms with van der Waals surface area (Å²) in [7, 11) is -4.45. The molecule has 0 radical (unpaired) electrons. The Morgan fingerprint density at radius 1 is 1.69 bits per heavy atom. The van der Waals surface area contributed by atoms with Crippen molar-refractivity contribution in [3.63, 3.8) is 0 Å². The average Bonchev–Trinajstić information content (AvgIpc) is 1.97. The minimum Gasteiger partial charge on any atom is -0.746 e. The molecule has 1 N–H and O–H groups in total. The van der Waals surface area contributed by atoms with Crippen LogP contribution in [-0.2, 0) is 14.9 Å². The molecule has 0 aliphatic heterocycles. The van der Waals surface area contributed by atoms with Crippen LogP contribution >= 0.6 is 0 Å². The molecule has 0 bridgehead atoms. The van der Waals surface area contributed by atoms with E-state index in [2.05, 4.69) is 6.58 Å². The van der Waals surface area contributed by atoms with E-state index in [1.165, 1.54) is 6.92 Å². The maximum Gasteiger partial charge on any atom is 1.00 e. The van der Waals surface area contributed by atoms with E-state index in [0.717, 1.165) is 6.08 Å². The maximum absolute atomic E-state index is 10.6. The molecule has 0 aromatic carbocycles. The Morgan fingerprint density at radius 2 is 2.15 bits per heavy atom. The second kappa shape index (κ2) is 6.56. The van der Waals surface area contributed by atoms with Gasteiger partial charge in [0.15, 0.2) is 0 Å². The molecule has 0 saturated heterocycles. The number of rotatable bonds is 4. The summed E-state index contributed by atoms with van der Waals surface area (Å²) in [6.45, 7) is 4.61. The molecule has 1 unspecified atom stereocenters. The van der Waals surface area contributed by atoms with Gasteiger partial charge in [-0.2, -0.15) is 0 Å². The van der Waals surface area contributed by atoms with Gasteiger partial charge < -0.3 is 9.87 Å². The Balaban J connectivity index is 0. The molecule has 0 heterocycles. The molecule has 0 aliphatic rings. The predicted octanol–water partition coefficient (Wildman–Crippen LogP) is -3.43. The number of carbonyl (C=O) groups is 1. The van der Waals surface area contributed by atoms with Crippen LogP contribution in [0, 0.1) is 0 Å². The summed E-state index contributed by atoms with van der Waals surface area (Å²) in [6.07, 6.45) is 0.958. The molecular weight excluding hydrogens is 205 g/mol. The first-order valence-electron chi connectivity index (χ1n) is 3.29. The normalized spacial score (nSPS) is 12.5. The Bertz CT molecular complexity index is 274. The summed E-state index contributed by atoms with van der Waals surface area (Å²) in [4.78, 5) is 10.6. The summed E-state index contributed by atoms with van der Waals surface area (Å²) >= 11 is 0. The van der Waals surface area contributed by atoms with Crippen LogP contribution in [0.4, 0.5) is 0 Å². The minimum absolute atomic E-state index is 0. The smallest absolute Gasteiger partial charge is 0.746 e. The zero-order valence-electron chi connectivity index (χ0n) is 7.61. The van der Waals surface area contributed by atoms with Crippen molar-refractivity contribution in [2.45, 2.75) is 18.7 Å². The van der Waals surface area contributed by atoms with Gasteiger partial charge >= 0.3 is 29.6 Å². The molecule has 0 spiro atoms. The molecule has 0 aromatic heterocycles. The fourth-order valence-electron chi connectivity index (χ4n) is 0.596. The third-order valence-corrected chi connectivity index (χ3v) is 2.36. The van der Waals surface area contributed by atoms with Gasteiger partial charge in [-0.25, -0.2) is 8.42 Å². The van der Waals surface area contributed by atoms with Gasteiger partial charge in [0.05, 0.1) is 0 Å². The molecule has 7 heteroatoms. The van der Waals surface area contributed by atoms with Crippen LogP contribution in [0.1, 0.15) is 13.3 Å². The van der Waals surface area contributed by atoms with E-state index in [0.29, 0.717) is 0 Å². The zero-order chi connectivity index (χ0) is 9.78. The predicted molar refractivity (Wildman–Crippen MR) is 42.1 cm³/mol. The Hall–Kier alpha value is 0.120. The fourth-order valence-corrected chi connectivity index (χ4v) is 1.26. The Morgan fingerprint density at radius 3 is 2.38 bits per heavy atom. The molecule has 70 valence electrons. The molecule has 0 aliphatic carbocycles. The first-order valence-corrected chi connectivity index (χ1v) is 4.76. The van der Waals surface area contributed by atoms with E-state index in [1.54, 1.807) is 0 Å². The molecule has 1 amide bonds. The van der Waals surface area contributed by atoms with Gasteiger partial charge in [-0.15, -0.1) is 0 Å². The monoisotopic (exact) mass is 215 g/mol. The molecule has 5 nitrogen and oxygen atoms in total. The van der Waals surface area contributed by atoms with Crippen molar-refractivity contribution in [1.29, 1.82) is 0 Å². The quantitative estimate of drug-likeness (QED) is 0.300. The second-order valence-corrected chi connectivity index (χ2v) is 3.66. The minimum atomic E-state index is -4.45. The molecule has 0 aromatic rings. The molecule has 0 saturated carbocycles. The van der Waals surface area contributed by atoms with E-state index in [4.69, 9.17) is 0 Å². The second-order valence-electron chi connectivity index (χ2n) is 2.10. The average molecular weight is 215 g/mol. The molecule has 0 fully saturated rings. The van der Waals surface area contributed by atoms with Crippen molar-refractivity contribution < 1.29 is 47.3 Å². The van der Waals surface area contributed by atoms with Gasteiger partial charge in [-0.3, -0.25) is 4.79 Å². The van der Waals surface area contributed by atoms with Crippen molar-refractivity contribution in [3.05, 3.63) is 12.7 Å². The van der Waals surface area contributed by atoms with Crippen molar-refractivity contribution in [2.24, 2.45) is 0 Å². The van der Waals surface area contributed by atoms with Crippen molar-refractivity contribution in [3.8, 4) is 0 Å². The summed E-state index contributed by atoms with van der Waals surface area (Å²) < 4.78 is 31.2. The van der Waals surface area contributed by atoms with Crippen molar-refractivity contribution in [1.82, 2.24) is 5.32 Å². The van der Waals surface area contributed by atoms with Crippen LogP contribution in [0.3, 0.4) is 0 Å². The molecule has 13 heavy (non-hydrogen) atoms. The standard InChI is InChI=1S/C6H11NO4S.Na/c1-3-5(8)7-6(4-2)12(9,10)11;/h3,6H,1,4H2,2H3,(H,7,8)(H,9,10,11);/q;+1/p-1. The molecule has 0 rings (SSSR count). The van der Waals surface area contributed by atoms with Crippen LogP contribution in [0.5, 0.6) is 0 Å². The van der Waals surface area contributed by atoms with Crippen LogP contribution in [0.15, 0.2) is 12.7 Å². The van der Waals surface area contributed by atoms with Gasteiger partial charge in [-0.1, -0.05) is 13.5 Å². The van der Waals surface area contributed by atoms with Gasteiger partial charge in [-0.05, 0) is 12.5 Å². The number of nitrogens with one attached hydrogen (secondary N) is 1. The number of carbonyl (C=O) groups excluding carboxylic acids is 1. The first-order chi connectivity index (χ1) is 5.41. The van der Waals surface area contributed by atoms with E-state index in [-0.39, 0.29) is 36.0 Å². The summed E-state index contributed by atoms with van der Waals surface area (Å²) in [5.74, 6) is -0.665. The number of hydrogen-bond acceptors (Lipinski definition) is 4. The van der Waals surface area contributed by atoms with Crippen LogP contribution in [0.2, 0.25) is 0 Å². The Labute approximate surface area is 99.6 Å². The van der Waals surface area contributed by atoms with Gasteiger partial charge in [0.1, 0.15) is 15.5 Å². The third kappa shape index (κ3) is 6.23. The topological polar surface area (TPSA) is 86.3 Å². The van der Waals surface area contributed by atoms with E-state index >= 15 is 0 Å². The first kappa shape index (κ1) is 15.6. The maximum atomic E-state index is 10.6. The van der Waals surface area contributed by atoms with Crippen LogP contribution in [0.25, 0.3) is 0 Å². The summed E-state index contributed by atoms with van der Waals surface area (Å²) in [5, 5.41) is 0.641. The van der Waals surface area contributed by atoms with E-state index in [1.807, 2.05) is 5.32 Å². The van der Waals surface area contributed by atoms with Crippen molar-refractivity contribution in [2.75, 3.05) is 0 Å². The van der Waals surface area contributed by atoms with Crippen LogP contribution < -0.4 is 34.9 Å². The number of hydrogen-bond donors (Lipinski definition) is 1. The van der Waals surface area contributed by atoms with Gasteiger partial charge in [0.2, 0.25) is 5.91 Å². The third-order valence-electron chi connectivity index (χ3n) is 1.21.